The van der Waals surface area contributed by atoms with Crippen LogP contribution in [-0.4, -0.2) is 15.0 Å². The van der Waals surface area contributed by atoms with E-state index in [0.717, 1.165) is 94.3 Å². The first-order valence-corrected chi connectivity index (χ1v) is 16.6. The van der Waals surface area contributed by atoms with Crippen molar-refractivity contribution in [2.24, 2.45) is 0 Å². The van der Waals surface area contributed by atoms with Crippen LogP contribution in [0.1, 0.15) is 0 Å². The third-order valence-corrected chi connectivity index (χ3v) is 9.38. The number of nitrogens with zero attached hydrogens (tertiary/aromatic N) is 3. The van der Waals surface area contributed by atoms with Gasteiger partial charge in [0.2, 0.25) is 0 Å². The summed E-state index contributed by atoms with van der Waals surface area (Å²) < 4.78 is 13.2. The quantitative estimate of drug-likeness (QED) is 0.187. The first-order chi connectivity index (χ1) is 24.8. The van der Waals surface area contributed by atoms with Crippen LogP contribution in [0.25, 0.3) is 100 Å². The number of hydrogen-bond acceptors (Lipinski definition) is 5. The van der Waals surface area contributed by atoms with E-state index in [1.54, 1.807) is 0 Å². The minimum Gasteiger partial charge on any atom is -0.455 e. The second-order valence-corrected chi connectivity index (χ2v) is 12.4. The molecule has 5 nitrogen and oxygen atoms in total. The predicted octanol–water partition coefficient (Wildman–Crippen LogP) is 12.0. The lowest BCUT2D eigenvalue weighted by Crippen LogP contribution is -1.97. The smallest absolute Gasteiger partial charge is 0.164 e. The molecule has 4 heterocycles. The number of pyridine rings is 1. The molecule has 0 aliphatic carbocycles. The maximum atomic E-state index is 6.72. The molecule has 0 aliphatic rings. The van der Waals surface area contributed by atoms with Crippen molar-refractivity contribution in [3.63, 3.8) is 0 Å². The second-order valence-electron chi connectivity index (χ2n) is 12.4. The van der Waals surface area contributed by atoms with Gasteiger partial charge in [-0.3, -0.25) is 4.98 Å². The summed E-state index contributed by atoms with van der Waals surface area (Å²) in [5.41, 5.74) is 11.7. The van der Waals surface area contributed by atoms with E-state index in [2.05, 4.69) is 89.9 Å². The molecule has 0 saturated heterocycles. The van der Waals surface area contributed by atoms with Crippen LogP contribution in [0.2, 0.25) is 0 Å². The number of furan rings is 2. The highest BCUT2D eigenvalue weighted by molar-refractivity contribution is 6.19. The van der Waals surface area contributed by atoms with Crippen molar-refractivity contribution < 1.29 is 8.83 Å². The van der Waals surface area contributed by atoms with Crippen molar-refractivity contribution in [1.82, 2.24) is 15.0 Å². The Morgan fingerprint density at radius 3 is 1.82 bits per heavy atom. The zero-order valence-corrected chi connectivity index (χ0v) is 26.7. The molecule has 0 N–H and O–H groups in total. The standard InChI is InChI=1S/C45H27N3O2/c1-2-12-28(13-3-1)38-27-39(30-15-10-14-29(26-30)37-20-8-9-25-46-37)48-45(47-38)36-24-23-32(42-35-17-5-7-22-41(35)50-44(36)42)34-19-11-18-33-31-16-4-6-21-40(31)49-43(33)34/h1-27H. The first-order valence-electron chi connectivity index (χ1n) is 16.6. The van der Waals surface area contributed by atoms with Crippen LogP contribution in [0.3, 0.4) is 0 Å². The van der Waals surface area contributed by atoms with Crippen LogP contribution < -0.4 is 0 Å². The lowest BCUT2D eigenvalue weighted by Gasteiger charge is -2.12. The Balaban J connectivity index is 1.22. The topological polar surface area (TPSA) is 65.0 Å². The summed E-state index contributed by atoms with van der Waals surface area (Å²) >= 11 is 0. The van der Waals surface area contributed by atoms with Crippen LogP contribution in [-0.2, 0) is 0 Å². The lowest BCUT2D eigenvalue weighted by molar-refractivity contribution is 0.669. The molecule has 0 bridgehead atoms. The molecule has 10 rings (SSSR count). The Bertz CT molecular complexity index is 2870. The summed E-state index contributed by atoms with van der Waals surface area (Å²) in [7, 11) is 0. The maximum Gasteiger partial charge on any atom is 0.164 e. The molecule has 0 unspecified atom stereocenters. The molecule has 50 heavy (non-hydrogen) atoms. The van der Waals surface area contributed by atoms with Crippen LogP contribution in [0.4, 0.5) is 0 Å². The fraction of sp³-hybridized carbons (Fsp3) is 0. The van der Waals surface area contributed by atoms with E-state index in [0.29, 0.717) is 5.82 Å². The molecule has 5 heteroatoms. The fourth-order valence-corrected chi connectivity index (χ4v) is 7.03. The highest BCUT2D eigenvalue weighted by atomic mass is 16.3. The number of fused-ring (bicyclic) bond motifs is 6. The van der Waals surface area contributed by atoms with E-state index in [4.69, 9.17) is 18.8 Å². The number of hydrogen-bond donors (Lipinski definition) is 0. The highest BCUT2D eigenvalue weighted by Gasteiger charge is 2.22. The molecule has 0 amide bonds. The van der Waals surface area contributed by atoms with E-state index in [1.165, 1.54) is 0 Å². The van der Waals surface area contributed by atoms with Gasteiger partial charge >= 0.3 is 0 Å². The number of aromatic nitrogens is 3. The van der Waals surface area contributed by atoms with Crippen molar-refractivity contribution in [3.05, 3.63) is 164 Å². The number of benzene rings is 6. The Morgan fingerprint density at radius 1 is 0.380 bits per heavy atom. The third-order valence-electron chi connectivity index (χ3n) is 9.38. The van der Waals surface area contributed by atoms with Crippen molar-refractivity contribution in [2.45, 2.75) is 0 Å². The molecule has 6 aromatic carbocycles. The zero-order chi connectivity index (χ0) is 33.0. The summed E-state index contributed by atoms with van der Waals surface area (Å²) in [6, 6.07) is 53.5. The van der Waals surface area contributed by atoms with Gasteiger partial charge in [-0.2, -0.15) is 0 Å². The molecule has 0 saturated carbocycles. The molecule has 10 aromatic rings. The van der Waals surface area contributed by atoms with Gasteiger partial charge in [0.15, 0.2) is 5.82 Å². The minimum atomic E-state index is 0.585. The zero-order valence-electron chi connectivity index (χ0n) is 26.7. The maximum absolute atomic E-state index is 6.72. The van der Waals surface area contributed by atoms with Gasteiger partial charge in [-0.1, -0.05) is 115 Å². The minimum absolute atomic E-state index is 0.585. The van der Waals surface area contributed by atoms with Crippen LogP contribution in [0.5, 0.6) is 0 Å². The van der Waals surface area contributed by atoms with E-state index < -0.39 is 0 Å². The average Bonchev–Trinajstić information content (AvgIpc) is 3.77. The van der Waals surface area contributed by atoms with Gasteiger partial charge < -0.3 is 8.83 Å². The van der Waals surface area contributed by atoms with Crippen LogP contribution in [0.15, 0.2) is 173 Å². The van der Waals surface area contributed by atoms with Gasteiger partial charge in [0.25, 0.3) is 0 Å². The van der Waals surface area contributed by atoms with Gasteiger partial charge in [-0.15, -0.1) is 0 Å². The Kier molecular flexibility index (Phi) is 6.42. The first kappa shape index (κ1) is 28.2. The van der Waals surface area contributed by atoms with Crippen LogP contribution in [0, 0.1) is 0 Å². The predicted molar refractivity (Wildman–Crippen MR) is 202 cm³/mol. The largest absolute Gasteiger partial charge is 0.455 e. The molecule has 0 spiro atoms. The van der Waals surface area contributed by atoms with E-state index >= 15 is 0 Å². The van der Waals surface area contributed by atoms with Gasteiger partial charge in [-0.05, 0) is 48.0 Å². The Hall–Kier alpha value is -6.85. The third kappa shape index (κ3) is 4.60. The number of rotatable bonds is 5. The monoisotopic (exact) mass is 641 g/mol. The van der Waals surface area contributed by atoms with Gasteiger partial charge in [-0.25, -0.2) is 9.97 Å². The normalized spacial score (nSPS) is 11.6. The van der Waals surface area contributed by atoms with E-state index in [1.807, 2.05) is 79.0 Å². The van der Waals surface area contributed by atoms with Crippen LogP contribution >= 0.6 is 0 Å². The van der Waals surface area contributed by atoms with Gasteiger partial charge in [0.05, 0.1) is 22.6 Å². The Labute approximate surface area is 287 Å². The van der Waals surface area contributed by atoms with E-state index in [9.17, 15) is 0 Å². The summed E-state index contributed by atoms with van der Waals surface area (Å²) in [6.45, 7) is 0. The van der Waals surface area contributed by atoms with Crippen molar-refractivity contribution in [2.75, 3.05) is 0 Å². The number of para-hydroxylation sites is 3. The molecular weight excluding hydrogens is 615 g/mol. The van der Waals surface area contributed by atoms with Crippen molar-refractivity contribution in [3.8, 4) is 56.3 Å². The summed E-state index contributed by atoms with van der Waals surface area (Å²) in [4.78, 5) is 15.0. The fourth-order valence-electron chi connectivity index (χ4n) is 7.03. The molecule has 0 radical (unpaired) electrons. The molecular formula is C45H27N3O2. The molecule has 0 aliphatic heterocycles. The van der Waals surface area contributed by atoms with Crippen molar-refractivity contribution in [1.29, 1.82) is 0 Å². The van der Waals surface area contributed by atoms with Gasteiger partial charge in [0.1, 0.15) is 22.3 Å². The van der Waals surface area contributed by atoms with Gasteiger partial charge in [0, 0.05) is 50.0 Å². The summed E-state index contributed by atoms with van der Waals surface area (Å²) in [5.74, 6) is 0.585. The van der Waals surface area contributed by atoms with E-state index in [-0.39, 0.29) is 0 Å². The highest BCUT2D eigenvalue weighted by Crippen LogP contribution is 2.44. The SMILES string of the molecule is c1ccc(-c2cc(-c3cccc(-c4ccccn4)c3)nc(-c3ccc(-c4cccc5c4oc4ccccc45)c4c3oc3ccccc34)n2)cc1. The summed E-state index contributed by atoms with van der Waals surface area (Å²) in [6.07, 6.45) is 1.81. The molecule has 0 fully saturated rings. The second kappa shape index (κ2) is 11.4. The molecule has 234 valence electrons. The molecule has 0 atom stereocenters. The Morgan fingerprint density at radius 2 is 1.00 bits per heavy atom. The lowest BCUT2D eigenvalue weighted by atomic mass is 9.95. The summed E-state index contributed by atoms with van der Waals surface area (Å²) in [5, 5.41) is 4.20. The molecule has 4 aromatic heterocycles. The average molecular weight is 642 g/mol. The van der Waals surface area contributed by atoms with Crippen molar-refractivity contribution >= 4 is 43.9 Å².